The molecule has 23 heavy (non-hydrogen) atoms. The second-order valence-electron chi connectivity index (χ2n) is 5.05. The van der Waals surface area contributed by atoms with Crippen molar-refractivity contribution >= 4 is 11.9 Å². The van der Waals surface area contributed by atoms with Crippen LogP contribution in [0.3, 0.4) is 0 Å². The number of carbonyl (C=O) groups is 2. The predicted octanol–water partition coefficient (Wildman–Crippen LogP) is 3.30. The maximum atomic E-state index is 13.8. The third kappa shape index (κ3) is 5.26. The molecule has 0 heterocycles. The van der Waals surface area contributed by atoms with E-state index in [-0.39, 0.29) is 13.0 Å². The quantitative estimate of drug-likeness (QED) is 0.417. The fourth-order valence-electron chi connectivity index (χ4n) is 2.06. The van der Waals surface area contributed by atoms with E-state index in [1.165, 1.54) is 12.0 Å². The standard InChI is InChI=1S/C16H20F3NO3/c1-3-4-5-9-20(10-8-13(21)23-2)16(22)11-6-7-12(17)15(19)14(11)18/h6-7H,3-5,8-10H2,1-2H3. The molecule has 0 N–H and O–H groups in total. The Morgan fingerprint density at radius 3 is 2.39 bits per heavy atom. The lowest BCUT2D eigenvalue weighted by atomic mass is 10.1. The minimum Gasteiger partial charge on any atom is -0.469 e. The van der Waals surface area contributed by atoms with E-state index in [4.69, 9.17) is 0 Å². The van der Waals surface area contributed by atoms with Gasteiger partial charge in [0.05, 0.1) is 19.1 Å². The molecule has 0 aliphatic carbocycles. The van der Waals surface area contributed by atoms with Crippen molar-refractivity contribution in [3.63, 3.8) is 0 Å². The highest BCUT2D eigenvalue weighted by atomic mass is 19.2. The van der Waals surface area contributed by atoms with Crippen LogP contribution in [0.25, 0.3) is 0 Å². The van der Waals surface area contributed by atoms with Gasteiger partial charge in [-0.05, 0) is 18.6 Å². The molecule has 4 nitrogen and oxygen atoms in total. The van der Waals surface area contributed by atoms with E-state index in [0.717, 1.165) is 18.9 Å². The highest BCUT2D eigenvalue weighted by Crippen LogP contribution is 2.17. The average Bonchev–Trinajstić information content (AvgIpc) is 2.55. The Morgan fingerprint density at radius 2 is 1.78 bits per heavy atom. The smallest absolute Gasteiger partial charge is 0.307 e. The van der Waals surface area contributed by atoms with E-state index in [2.05, 4.69) is 4.74 Å². The lowest BCUT2D eigenvalue weighted by Gasteiger charge is -2.22. The SMILES string of the molecule is CCCCCN(CCC(=O)OC)C(=O)c1ccc(F)c(F)c1F. The number of carbonyl (C=O) groups excluding carboxylic acids is 2. The molecule has 1 aromatic rings. The zero-order valence-corrected chi connectivity index (χ0v) is 13.2. The van der Waals surface area contributed by atoms with Crippen LogP contribution in [0.15, 0.2) is 12.1 Å². The minimum atomic E-state index is -1.68. The normalized spacial score (nSPS) is 10.5. The minimum absolute atomic E-state index is 0.0215. The summed E-state index contributed by atoms with van der Waals surface area (Å²) in [5.41, 5.74) is -0.551. The van der Waals surface area contributed by atoms with Crippen molar-refractivity contribution in [2.75, 3.05) is 20.2 Å². The molecule has 0 unspecified atom stereocenters. The molecule has 128 valence electrons. The topological polar surface area (TPSA) is 46.6 Å². The number of benzene rings is 1. The molecule has 0 atom stereocenters. The third-order valence-corrected chi connectivity index (χ3v) is 3.40. The molecule has 1 amide bonds. The van der Waals surface area contributed by atoms with Crippen molar-refractivity contribution in [2.45, 2.75) is 32.6 Å². The van der Waals surface area contributed by atoms with Gasteiger partial charge in [-0.1, -0.05) is 19.8 Å². The number of methoxy groups -OCH3 is 1. The average molecular weight is 331 g/mol. The lowest BCUT2D eigenvalue weighted by Crippen LogP contribution is -2.35. The van der Waals surface area contributed by atoms with Gasteiger partial charge in [0.25, 0.3) is 5.91 Å². The van der Waals surface area contributed by atoms with Crippen molar-refractivity contribution < 1.29 is 27.5 Å². The third-order valence-electron chi connectivity index (χ3n) is 3.40. The number of amides is 1. The number of hydrogen-bond donors (Lipinski definition) is 0. The van der Waals surface area contributed by atoms with E-state index in [9.17, 15) is 22.8 Å². The summed E-state index contributed by atoms with van der Waals surface area (Å²) in [6.45, 7) is 2.30. The first kappa shape index (κ1) is 19.0. The van der Waals surface area contributed by atoms with Crippen molar-refractivity contribution in [1.82, 2.24) is 4.90 Å². The number of rotatable bonds is 8. The van der Waals surface area contributed by atoms with Crippen molar-refractivity contribution in [2.24, 2.45) is 0 Å². The summed E-state index contributed by atoms with van der Waals surface area (Å²) >= 11 is 0. The molecule has 0 saturated carbocycles. The van der Waals surface area contributed by atoms with E-state index in [1.807, 2.05) is 6.92 Å². The molecule has 0 aliphatic heterocycles. The monoisotopic (exact) mass is 331 g/mol. The van der Waals surface area contributed by atoms with E-state index in [0.29, 0.717) is 19.0 Å². The van der Waals surface area contributed by atoms with Crippen LogP contribution < -0.4 is 0 Å². The molecule has 0 fully saturated rings. The fraction of sp³-hybridized carbons (Fsp3) is 0.500. The Kier molecular flexibility index (Phi) is 7.57. The zero-order valence-electron chi connectivity index (χ0n) is 13.2. The number of esters is 1. The Bertz CT molecular complexity index is 564. The number of ether oxygens (including phenoxy) is 1. The first-order valence-electron chi connectivity index (χ1n) is 7.41. The first-order chi connectivity index (χ1) is 10.9. The van der Waals surface area contributed by atoms with Crippen LogP contribution in [-0.4, -0.2) is 37.0 Å². The summed E-state index contributed by atoms with van der Waals surface area (Å²) in [6, 6.07) is 1.61. The summed E-state index contributed by atoms with van der Waals surface area (Å²) in [6.07, 6.45) is 2.37. The lowest BCUT2D eigenvalue weighted by molar-refractivity contribution is -0.140. The number of nitrogens with zero attached hydrogens (tertiary/aromatic N) is 1. The molecular weight excluding hydrogens is 311 g/mol. The maximum absolute atomic E-state index is 13.8. The van der Waals surface area contributed by atoms with Crippen LogP contribution in [0.1, 0.15) is 43.0 Å². The summed E-state index contributed by atoms with van der Waals surface area (Å²) in [7, 11) is 1.22. The van der Waals surface area contributed by atoms with E-state index in [1.54, 1.807) is 0 Å². The second-order valence-corrected chi connectivity index (χ2v) is 5.05. The molecule has 7 heteroatoms. The van der Waals surface area contributed by atoms with Gasteiger partial charge < -0.3 is 9.64 Å². The first-order valence-corrected chi connectivity index (χ1v) is 7.41. The van der Waals surface area contributed by atoms with Crippen molar-refractivity contribution in [3.8, 4) is 0 Å². The molecule has 0 saturated heterocycles. The summed E-state index contributed by atoms with van der Waals surface area (Å²) in [5, 5.41) is 0. The summed E-state index contributed by atoms with van der Waals surface area (Å²) in [5.74, 6) is -5.84. The van der Waals surface area contributed by atoms with Gasteiger partial charge in [-0.2, -0.15) is 0 Å². The number of halogens is 3. The van der Waals surface area contributed by atoms with Gasteiger partial charge in [0, 0.05) is 13.1 Å². The van der Waals surface area contributed by atoms with Gasteiger partial charge in [-0.25, -0.2) is 13.2 Å². The largest absolute Gasteiger partial charge is 0.469 e. The highest BCUT2D eigenvalue weighted by Gasteiger charge is 2.23. The predicted molar refractivity (Wildman–Crippen MR) is 78.4 cm³/mol. The van der Waals surface area contributed by atoms with Crippen LogP contribution >= 0.6 is 0 Å². The van der Waals surface area contributed by atoms with Gasteiger partial charge in [-0.15, -0.1) is 0 Å². The van der Waals surface area contributed by atoms with E-state index >= 15 is 0 Å². The van der Waals surface area contributed by atoms with E-state index < -0.39 is 34.9 Å². The van der Waals surface area contributed by atoms with Gasteiger partial charge in [0.2, 0.25) is 0 Å². The van der Waals surface area contributed by atoms with Crippen LogP contribution in [0.4, 0.5) is 13.2 Å². The highest BCUT2D eigenvalue weighted by molar-refractivity contribution is 5.94. The molecule has 0 spiro atoms. The number of hydrogen-bond acceptors (Lipinski definition) is 3. The Hall–Kier alpha value is -2.05. The zero-order chi connectivity index (χ0) is 17.4. The molecule has 0 aromatic heterocycles. The van der Waals surface area contributed by atoms with Crippen LogP contribution in [0.5, 0.6) is 0 Å². The Labute approximate surface area is 133 Å². The van der Waals surface area contributed by atoms with Gasteiger partial charge in [0.15, 0.2) is 17.5 Å². The van der Waals surface area contributed by atoms with Crippen molar-refractivity contribution in [1.29, 1.82) is 0 Å². The second kappa shape index (κ2) is 9.17. The van der Waals surface area contributed by atoms with Gasteiger partial charge >= 0.3 is 5.97 Å². The van der Waals surface area contributed by atoms with Crippen molar-refractivity contribution in [3.05, 3.63) is 35.1 Å². The van der Waals surface area contributed by atoms with Gasteiger partial charge in [0.1, 0.15) is 0 Å². The molecular formula is C16H20F3NO3. The molecule has 0 bridgehead atoms. The molecule has 1 rings (SSSR count). The van der Waals surface area contributed by atoms with Crippen LogP contribution in [-0.2, 0) is 9.53 Å². The molecule has 0 aliphatic rings. The summed E-state index contributed by atoms with van der Waals surface area (Å²) in [4.78, 5) is 24.8. The number of unbranched alkanes of at least 4 members (excludes halogenated alkanes) is 2. The Balaban J connectivity index is 2.93. The van der Waals surface area contributed by atoms with Gasteiger partial charge in [-0.3, -0.25) is 9.59 Å². The fourth-order valence-corrected chi connectivity index (χ4v) is 2.06. The molecule has 1 aromatic carbocycles. The molecule has 0 radical (unpaired) electrons. The van der Waals surface area contributed by atoms with Crippen LogP contribution in [0.2, 0.25) is 0 Å². The van der Waals surface area contributed by atoms with Crippen LogP contribution in [0, 0.1) is 17.5 Å². The maximum Gasteiger partial charge on any atom is 0.307 e. The summed E-state index contributed by atoms with van der Waals surface area (Å²) < 4.78 is 44.5. The Morgan fingerprint density at radius 1 is 1.09 bits per heavy atom.